The van der Waals surface area contributed by atoms with Gasteiger partial charge in [0.1, 0.15) is 5.75 Å². The molecule has 0 radical (unpaired) electrons. The third-order valence-electron chi connectivity index (χ3n) is 6.17. The van der Waals surface area contributed by atoms with E-state index in [-0.39, 0.29) is 11.1 Å². The van der Waals surface area contributed by atoms with Crippen LogP contribution in [-0.4, -0.2) is 54.1 Å². The van der Waals surface area contributed by atoms with Gasteiger partial charge in [0, 0.05) is 39.8 Å². The minimum absolute atomic E-state index is 0.0943. The van der Waals surface area contributed by atoms with Gasteiger partial charge in [-0.15, -0.1) is 0 Å². The number of benzene rings is 2. The van der Waals surface area contributed by atoms with Gasteiger partial charge in [0.2, 0.25) is 0 Å². The summed E-state index contributed by atoms with van der Waals surface area (Å²) in [4.78, 5) is 30.2. The standard InChI is InChI=1S/C24H30N4O3/c1-25-23(29)19-9-3-4-10-20(19)24(30)28(25)14-8-7-13-26-15-17-27(18-16-26)21-11-5-6-12-22(21)31-2/h3-6,9-12H,7-8,13-18H2,1-2H3. The van der Waals surface area contributed by atoms with E-state index in [0.717, 1.165) is 57.0 Å². The van der Waals surface area contributed by atoms with Crippen LogP contribution in [0.25, 0.3) is 10.8 Å². The number of para-hydroxylation sites is 2. The predicted octanol–water partition coefficient (Wildman–Crippen LogP) is 2.31. The highest BCUT2D eigenvalue weighted by atomic mass is 16.5. The van der Waals surface area contributed by atoms with Gasteiger partial charge in [-0.1, -0.05) is 24.3 Å². The van der Waals surface area contributed by atoms with Crippen molar-refractivity contribution in [3.8, 4) is 5.75 Å². The molecule has 3 aromatic rings. The Kier molecular flexibility index (Phi) is 6.42. The summed E-state index contributed by atoms with van der Waals surface area (Å²) in [6.07, 6.45) is 1.85. The molecule has 0 amide bonds. The first-order valence-corrected chi connectivity index (χ1v) is 10.9. The number of anilines is 1. The second-order valence-electron chi connectivity index (χ2n) is 8.01. The molecular weight excluding hydrogens is 392 g/mol. The highest BCUT2D eigenvalue weighted by Crippen LogP contribution is 2.28. The van der Waals surface area contributed by atoms with Gasteiger partial charge in [0.05, 0.1) is 23.6 Å². The highest BCUT2D eigenvalue weighted by Gasteiger charge is 2.19. The summed E-state index contributed by atoms with van der Waals surface area (Å²) in [5.74, 6) is 0.919. The van der Waals surface area contributed by atoms with Crippen LogP contribution >= 0.6 is 0 Å². The molecule has 164 valence electrons. The Balaban J connectivity index is 1.31. The first-order valence-electron chi connectivity index (χ1n) is 10.9. The van der Waals surface area contributed by atoms with E-state index in [1.54, 1.807) is 43.1 Å². The van der Waals surface area contributed by atoms with Gasteiger partial charge in [0.25, 0.3) is 11.1 Å². The molecule has 1 saturated heterocycles. The Morgan fingerprint density at radius 1 is 0.806 bits per heavy atom. The lowest BCUT2D eigenvalue weighted by atomic mass is 10.2. The van der Waals surface area contributed by atoms with E-state index < -0.39 is 0 Å². The Morgan fingerprint density at radius 2 is 1.42 bits per heavy atom. The van der Waals surface area contributed by atoms with Crippen molar-refractivity contribution in [1.82, 2.24) is 14.3 Å². The van der Waals surface area contributed by atoms with E-state index >= 15 is 0 Å². The number of unbranched alkanes of at least 4 members (excludes halogenated alkanes) is 1. The second kappa shape index (κ2) is 9.39. The van der Waals surface area contributed by atoms with Gasteiger partial charge < -0.3 is 9.64 Å². The van der Waals surface area contributed by atoms with Gasteiger partial charge in [-0.05, 0) is 43.7 Å². The number of piperazine rings is 1. The zero-order valence-corrected chi connectivity index (χ0v) is 18.3. The number of ether oxygens (including phenoxy) is 1. The van der Waals surface area contributed by atoms with Crippen molar-refractivity contribution in [2.24, 2.45) is 7.05 Å². The van der Waals surface area contributed by atoms with Crippen LogP contribution in [0.1, 0.15) is 12.8 Å². The van der Waals surface area contributed by atoms with Crippen LogP contribution in [-0.2, 0) is 13.6 Å². The highest BCUT2D eigenvalue weighted by molar-refractivity contribution is 5.80. The molecular formula is C24H30N4O3. The molecule has 0 aliphatic carbocycles. The Labute approximate surface area is 182 Å². The molecule has 0 spiro atoms. The Morgan fingerprint density at radius 3 is 2.13 bits per heavy atom. The molecule has 1 fully saturated rings. The fraction of sp³-hybridized carbons (Fsp3) is 0.417. The summed E-state index contributed by atoms with van der Waals surface area (Å²) in [6.45, 7) is 5.50. The molecule has 2 heterocycles. The molecule has 0 atom stereocenters. The van der Waals surface area contributed by atoms with Crippen molar-refractivity contribution in [3.63, 3.8) is 0 Å². The summed E-state index contributed by atoms with van der Waals surface area (Å²) < 4.78 is 8.52. The number of hydrogen-bond acceptors (Lipinski definition) is 5. The molecule has 7 nitrogen and oxygen atoms in total. The molecule has 0 N–H and O–H groups in total. The van der Waals surface area contributed by atoms with E-state index in [4.69, 9.17) is 4.74 Å². The van der Waals surface area contributed by atoms with Crippen molar-refractivity contribution < 1.29 is 4.74 Å². The van der Waals surface area contributed by atoms with Gasteiger partial charge >= 0.3 is 0 Å². The lowest BCUT2D eigenvalue weighted by Gasteiger charge is -2.36. The lowest BCUT2D eigenvalue weighted by molar-refractivity contribution is 0.249. The van der Waals surface area contributed by atoms with E-state index in [1.165, 1.54) is 4.68 Å². The second-order valence-corrected chi connectivity index (χ2v) is 8.01. The van der Waals surface area contributed by atoms with Crippen molar-refractivity contribution in [2.45, 2.75) is 19.4 Å². The minimum Gasteiger partial charge on any atom is -0.495 e. The van der Waals surface area contributed by atoms with Crippen LogP contribution < -0.4 is 20.8 Å². The predicted molar refractivity (Wildman–Crippen MR) is 124 cm³/mol. The quantitative estimate of drug-likeness (QED) is 0.547. The molecule has 0 unspecified atom stereocenters. The zero-order valence-electron chi connectivity index (χ0n) is 18.3. The summed E-state index contributed by atoms with van der Waals surface area (Å²) in [5.41, 5.74) is 0.937. The number of hydrogen-bond donors (Lipinski definition) is 0. The summed E-state index contributed by atoms with van der Waals surface area (Å²) in [5, 5.41) is 0.984. The smallest absolute Gasteiger partial charge is 0.273 e. The first kappa shape index (κ1) is 21.2. The number of nitrogens with zero attached hydrogens (tertiary/aromatic N) is 4. The van der Waals surface area contributed by atoms with E-state index in [9.17, 15) is 9.59 Å². The average Bonchev–Trinajstić information content (AvgIpc) is 2.82. The number of rotatable bonds is 7. The fourth-order valence-corrected chi connectivity index (χ4v) is 4.37. The fourth-order valence-electron chi connectivity index (χ4n) is 4.37. The molecule has 0 saturated carbocycles. The van der Waals surface area contributed by atoms with Gasteiger partial charge in [-0.3, -0.25) is 19.2 Å². The topological polar surface area (TPSA) is 59.7 Å². The van der Waals surface area contributed by atoms with E-state index in [1.807, 2.05) is 18.2 Å². The molecule has 1 aliphatic heterocycles. The minimum atomic E-state index is -0.123. The largest absolute Gasteiger partial charge is 0.495 e. The van der Waals surface area contributed by atoms with Crippen molar-refractivity contribution in [1.29, 1.82) is 0 Å². The molecule has 0 bridgehead atoms. The molecule has 4 rings (SSSR count). The summed E-state index contributed by atoms with van der Waals surface area (Å²) >= 11 is 0. The monoisotopic (exact) mass is 422 g/mol. The van der Waals surface area contributed by atoms with Crippen LogP contribution in [0.2, 0.25) is 0 Å². The lowest BCUT2D eigenvalue weighted by Crippen LogP contribution is -2.46. The maximum atomic E-state index is 12.8. The summed E-state index contributed by atoms with van der Waals surface area (Å²) in [7, 11) is 3.39. The normalized spacial score (nSPS) is 14.8. The zero-order chi connectivity index (χ0) is 21.8. The average molecular weight is 423 g/mol. The molecule has 1 aliphatic rings. The van der Waals surface area contributed by atoms with E-state index in [0.29, 0.717) is 17.3 Å². The van der Waals surface area contributed by atoms with E-state index in [2.05, 4.69) is 15.9 Å². The van der Waals surface area contributed by atoms with Crippen LogP contribution in [0.4, 0.5) is 5.69 Å². The number of fused-ring (bicyclic) bond motifs is 1. The van der Waals surface area contributed by atoms with Crippen molar-refractivity contribution >= 4 is 16.5 Å². The third-order valence-corrected chi connectivity index (χ3v) is 6.17. The molecule has 2 aromatic carbocycles. The van der Waals surface area contributed by atoms with Crippen molar-refractivity contribution in [3.05, 3.63) is 69.2 Å². The van der Waals surface area contributed by atoms with Crippen LogP contribution in [0, 0.1) is 0 Å². The van der Waals surface area contributed by atoms with Gasteiger partial charge in [-0.25, -0.2) is 4.68 Å². The molecule has 31 heavy (non-hydrogen) atoms. The number of methoxy groups -OCH3 is 1. The van der Waals surface area contributed by atoms with Crippen molar-refractivity contribution in [2.75, 3.05) is 44.7 Å². The number of aromatic nitrogens is 2. The maximum Gasteiger partial charge on any atom is 0.273 e. The Hall–Kier alpha value is -3.06. The first-order chi connectivity index (χ1) is 15.1. The van der Waals surface area contributed by atoms with Crippen LogP contribution in [0.15, 0.2) is 58.1 Å². The molecule has 1 aromatic heterocycles. The molecule has 7 heteroatoms. The van der Waals surface area contributed by atoms with Gasteiger partial charge in [0.15, 0.2) is 0 Å². The SMILES string of the molecule is COc1ccccc1N1CCN(CCCCn2c(=O)c3ccccc3c(=O)n2C)CC1. The van der Waals surface area contributed by atoms with Crippen LogP contribution in [0.5, 0.6) is 5.75 Å². The third kappa shape index (κ3) is 4.37. The maximum absolute atomic E-state index is 12.8. The van der Waals surface area contributed by atoms with Crippen LogP contribution in [0.3, 0.4) is 0 Å². The summed E-state index contributed by atoms with van der Waals surface area (Å²) in [6, 6.07) is 15.2. The Bertz CT molecular complexity index is 1160. The van der Waals surface area contributed by atoms with Gasteiger partial charge in [-0.2, -0.15) is 0 Å².